The van der Waals surface area contributed by atoms with Crippen molar-refractivity contribution in [1.29, 1.82) is 0 Å². The lowest BCUT2D eigenvalue weighted by Gasteiger charge is -2.28. The van der Waals surface area contributed by atoms with Crippen molar-refractivity contribution in [3.8, 4) is 0 Å². The molecule has 2 atom stereocenters. The molecule has 1 aliphatic heterocycles. The number of piperidine rings is 1. The molecule has 102 valence electrons. The predicted molar refractivity (Wildman–Crippen MR) is 71.2 cm³/mol. The topological polar surface area (TPSA) is 62.3 Å². The van der Waals surface area contributed by atoms with Crippen molar-refractivity contribution in [1.82, 2.24) is 15.2 Å². The number of carbonyl (C=O) groups is 2. The van der Waals surface area contributed by atoms with Crippen molar-refractivity contribution in [2.45, 2.75) is 25.8 Å². The van der Waals surface area contributed by atoms with Crippen LogP contribution in [0.5, 0.6) is 0 Å². The van der Waals surface area contributed by atoms with Crippen LogP contribution < -0.4 is 5.32 Å². The molecule has 2 amide bonds. The van der Waals surface area contributed by atoms with E-state index in [0.29, 0.717) is 13.0 Å². The summed E-state index contributed by atoms with van der Waals surface area (Å²) in [6.07, 6.45) is 4.48. The van der Waals surface area contributed by atoms with Gasteiger partial charge in [0.15, 0.2) is 0 Å². The Bertz CT molecular complexity index is 461. The molecule has 1 aliphatic rings. The van der Waals surface area contributed by atoms with Gasteiger partial charge in [0.2, 0.25) is 11.8 Å². The molecule has 0 spiro atoms. The number of hydrogen-bond donors (Lipinski definition) is 1. The van der Waals surface area contributed by atoms with E-state index in [0.717, 1.165) is 12.0 Å². The Hall–Kier alpha value is -1.91. The Morgan fingerprint density at radius 1 is 1.58 bits per heavy atom. The van der Waals surface area contributed by atoms with E-state index in [2.05, 4.69) is 10.3 Å². The summed E-state index contributed by atoms with van der Waals surface area (Å²) < 4.78 is 0. The fourth-order valence-corrected chi connectivity index (χ4v) is 2.21. The summed E-state index contributed by atoms with van der Waals surface area (Å²) >= 11 is 0. The molecule has 0 aliphatic carbocycles. The zero-order valence-electron chi connectivity index (χ0n) is 11.3. The third-order valence-electron chi connectivity index (χ3n) is 3.57. The van der Waals surface area contributed by atoms with Gasteiger partial charge in [0, 0.05) is 38.3 Å². The molecular formula is C14H19N3O2. The van der Waals surface area contributed by atoms with E-state index >= 15 is 0 Å². The van der Waals surface area contributed by atoms with E-state index in [9.17, 15) is 9.59 Å². The molecule has 1 aromatic rings. The van der Waals surface area contributed by atoms with E-state index in [1.807, 2.05) is 19.1 Å². The third-order valence-corrected chi connectivity index (χ3v) is 3.57. The highest BCUT2D eigenvalue weighted by atomic mass is 16.2. The van der Waals surface area contributed by atoms with Gasteiger partial charge in [0.1, 0.15) is 0 Å². The van der Waals surface area contributed by atoms with Crippen LogP contribution in [0.3, 0.4) is 0 Å². The van der Waals surface area contributed by atoms with Gasteiger partial charge in [-0.2, -0.15) is 0 Å². The lowest BCUT2D eigenvalue weighted by Crippen LogP contribution is -2.42. The van der Waals surface area contributed by atoms with Crippen LogP contribution >= 0.6 is 0 Å². The maximum atomic E-state index is 12.1. The minimum Gasteiger partial charge on any atom is -0.349 e. The van der Waals surface area contributed by atoms with Crippen molar-refractivity contribution < 1.29 is 9.59 Å². The molecule has 1 fully saturated rings. The van der Waals surface area contributed by atoms with E-state index in [1.165, 1.54) is 0 Å². The first-order chi connectivity index (χ1) is 9.08. The molecule has 2 rings (SSSR count). The number of carbonyl (C=O) groups excluding carboxylic acids is 2. The fraction of sp³-hybridized carbons (Fsp3) is 0.500. The molecule has 0 saturated carbocycles. The fourth-order valence-electron chi connectivity index (χ4n) is 2.21. The summed E-state index contributed by atoms with van der Waals surface area (Å²) in [6, 6.07) is 3.69. The van der Waals surface area contributed by atoms with Crippen molar-refractivity contribution in [3.63, 3.8) is 0 Å². The highest BCUT2D eigenvalue weighted by Gasteiger charge is 2.29. The first-order valence-corrected chi connectivity index (χ1v) is 6.52. The minimum atomic E-state index is -0.206. The largest absolute Gasteiger partial charge is 0.349 e. The van der Waals surface area contributed by atoms with Crippen LogP contribution in [0.15, 0.2) is 24.5 Å². The highest BCUT2D eigenvalue weighted by Crippen LogP contribution is 2.19. The normalized spacial score (nSPS) is 21.1. The van der Waals surface area contributed by atoms with Crippen molar-refractivity contribution in [2.75, 3.05) is 13.6 Å². The van der Waals surface area contributed by atoms with Crippen LogP contribution in [0.25, 0.3) is 0 Å². The van der Waals surface area contributed by atoms with Crippen molar-refractivity contribution >= 4 is 11.8 Å². The minimum absolute atomic E-state index is 0.0421. The average molecular weight is 261 g/mol. The number of nitrogens with one attached hydrogen (secondary N) is 1. The van der Waals surface area contributed by atoms with Crippen LogP contribution in [0, 0.1) is 5.92 Å². The summed E-state index contributed by atoms with van der Waals surface area (Å²) in [4.78, 5) is 29.4. The van der Waals surface area contributed by atoms with E-state index < -0.39 is 0 Å². The zero-order chi connectivity index (χ0) is 13.8. The second kappa shape index (κ2) is 5.82. The van der Waals surface area contributed by atoms with Crippen molar-refractivity contribution in [2.24, 2.45) is 5.92 Å². The number of amides is 2. The number of nitrogens with zero attached hydrogens (tertiary/aromatic N) is 2. The molecule has 1 N–H and O–H groups in total. The van der Waals surface area contributed by atoms with E-state index in [-0.39, 0.29) is 23.8 Å². The van der Waals surface area contributed by atoms with Crippen LogP contribution in [-0.4, -0.2) is 35.3 Å². The standard InChI is InChI=1S/C14H19N3O2/c1-10(12-4-3-6-15-9-12)16-14(19)11-5-7-17(2)13(18)8-11/h3-4,6,9-11H,5,7-8H2,1-2H3,(H,16,19)/t10-,11+/m1/s1. The molecule has 5 heteroatoms. The van der Waals surface area contributed by atoms with Crippen molar-refractivity contribution in [3.05, 3.63) is 30.1 Å². The SMILES string of the molecule is C[C@@H](NC(=O)[C@H]1CCN(C)C(=O)C1)c1cccnc1. The monoisotopic (exact) mass is 261 g/mol. The number of pyridine rings is 1. The highest BCUT2D eigenvalue weighted by molar-refractivity contribution is 5.87. The van der Waals surface area contributed by atoms with Crippen LogP contribution in [0.4, 0.5) is 0 Å². The van der Waals surface area contributed by atoms with Crippen LogP contribution in [0.2, 0.25) is 0 Å². The van der Waals surface area contributed by atoms with Gasteiger partial charge in [-0.15, -0.1) is 0 Å². The maximum Gasteiger partial charge on any atom is 0.224 e. The van der Waals surface area contributed by atoms with Gasteiger partial charge in [0.25, 0.3) is 0 Å². The molecular weight excluding hydrogens is 242 g/mol. The molecule has 0 bridgehead atoms. The second-order valence-corrected chi connectivity index (χ2v) is 5.02. The lowest BCUT2D eigenvalue weighted by molar-refractivity contribution is -0.139. The van der Waals surface area contributed by atoms with Gasteiger partial charge >= 0.3 is 0 Å². The average Bonchev–Trinajstić information content (AvgIpc) is 2.42. The zero-order valence-corrected chi connectivity index (χ0v) is 11.3. The number of likely N-dealkylation sites (tertiary alicyclic amines) is 1. The molecule has 1 saturated heterocycles. The Morgan fingerprint density at radius 2 is 2.37 bits per heavy atom. The third kappa shape index (κ3) is 3.30. The number of aromatic nitrogens is 1. The predicted octanol–water partition coefficient (Wildman–Crippen LogP) is 1.13. The van der Waals surface area contributed by atoms with E-state index in [1.54, 1.807) is 24.3 Å². The van der Waals surface area contributed by atoms with Gasteiger partial charge in [-0.1, -0.05) is 6.07 Å². The molecule has 1 aromatic heterocycles. The summed E-state index contributed by atoms with van der Waals surface area (Å²) in [5.74, 6) is -0.207. The Labute approximate surface area is 113 Å². The summed E-state index contributed by atoms with van der Waals surface area (Å²) in [5, 5.41) is 2.95. The van der Waals surface area contributed by atoms with Gasteiger partial charge in [-0.25, -0.2) is 0 Å². The van der Waals surface area contributed by atoms with Gasteiger partial charge in [-0.3, -0.25) is 14.6 Å². The molecule has 2 heterocycles. The smallest absolute Gasteiger partial charge is 0.224 e. The molecule has 5 nitrogen and oxygen atoms in total. The number of rotatable bonds is 3. The molecule has 0 aromatic carbocycles. The summed E-state index contributed by atoms with van der Waals surface area (Å²) in [6.45, 7) is 2.57. The first kappa shape index (κ1) is 13.5. The Balaban J connectivity index is 1.93. The van der Waals surface area contributed by atoms with Gasteiger partial charge in [-0.05, 0) is 25.0 Å². The van der Waals surface area contributed by atoms with Gasteiger partial charge < -0.3 is 10.2 Å². The Kier molecular flexibility index (Phi) is 4.14. The summed E-state index contributed by atoms with van der Waals surface area (Å²) in [7, 11) is 1.77. The maximum absolute atomic E-state index is 12.1. The van der Waals surface area contributed by atoms with Crippen LogP contribution in [-0.2, 0) is 9.59 Å². The lowest BCUT2D eigenvalue weighted by atomic mass is 9.95. The first-order valence-electron chi connectivity index (χ1n) is 6.52. The number of hydrogen-bond acceptors (Lipinski definition) is 3. The second-order valence-electron chi connectivity index (χ2n) is 5.02. The molecule has 0 radical (unpaired) electrons. The van der Waals surface area contributed by atoms with E-state index in [4.69, 9.17) is 0 Å². The Morgan fingerprint density at radius 3 is 3.00 bits per heavy atom. The van der Waals surface area contributed by atoms with Gasteiger partial charge in [0.05, 0.1) is 6.04 Å². The molecule has 19 heavy (non-hydrogen) atoms. The quantitative estimate of drug-likeness (QED) is 0.887. The van der Waals surface area contributed by atoms with Crippen LogP contribution in [0.1, 0.15) is 31.4 Å². The molecule has 0 unspecified atom stereocenters. The summed E-state index contributed by atoms with van der Waals surface area (Å²) in [5.41, 5.74) is 0.968.